The number of carbonyl (C=O) groups excluding carboxylic acids is 1. The quantitative estimate of drug-likeness (QED) is 0.667. The monoisotopic (exact) mass is 438 g/mol. The van der Waals surface area contributed by atoms with Crippen LogP contribution in [0.3, 0.4) is 0 Å². The maximum atomic E-state index is 12.9. The topological polar surface area (TPSA) is 95.0 Å². The fourth-order valence-corrected chi connectivity index (χ4v) is 4.75. The normalized spacial score (nSPS) is 19.3. The number of anilines is 4. The lowest BCUT2D eigenvalue weighted by Gasteiger charge is -2.43. The van der Waals surface area contributed by atoms with Gasteiger partial charge in [-0.3, -0.25) is 4.79 Å². The highest BCUT2D eigenvalue weighted by Crippen LogP contribution is 2.39. The van der Waals surface area contributed by atoms with Crippen LogP contribution in [0.15, 0.2) is 30.3 Å². The summed E-state index contributed by atoms with van der Waals surface area (Å²) in [5.74, 6) is 0.903. The zero-order valence-corrected chi connectivity index (χ0v) is 18.8. The molecule has 2 N–H and O–H groups in total. The molecule has 1 aromatic carbocycles. The number of likely N-dealkylation sites (N-methyl/N-ethyl adjacent to an activating group) is 1. The van der Waals surface area contributed by atoms with Crippen molar-refractivity contribution >= 4 is 34.9 Å². The molecule has 0 radical (unpaired) electrons. The van der Waals surface area contributed by atoms with Crippen LogP contribution in [0.4, 0.5) is 23.0 Å². The van der Waals surface area contributed by atoms with Crippen LogP contribution in [0.1, 0.15) is 55.8 Å². The number of hydrogen-bond donors (Lipinski definition) is 2. The summed E-state index contributed by atoms with van der Waals surface area (Å²) in [6.45, 7) is 1.96. The average molecular weight is 439 g/mol. The second-order valence-electron chi connectivity index (χ2n) is 8.51. The molecule has 1 amide bonds. The van der Waals surface area contributed by atoms with Gasteiger partial charge in [0, 0.05) is 13.1 Å². The Bertz CT molecular complexity index is 1020. The van der Waals surface area contributed by atoms with Crippen LogP contribution in [0, 0.1) is 0 Å². The minimum absolute atomic E-state index is 0.0789. The van der Waals surface area contributed by atoms with E-state index in [1.807, 2.05) is 19.1 Å². The van der Waals surface area contributed by atoms with E-state index in [4.69, 9.17) is 9.72 Å². The van der Waals surface area contributed by atoms with E-state index in [0.717, 1.165) is 37.2 Å². The first-order valence-corrected chi connectivity index (χ1v) is 11.2. The molecule has 8 heteroatoms. The van der Waals surface area contributed by atoms with Gasteiger partial charge < -0.3 is 25.0 Å². The summed E-state index contributed by atoms with van der Waals surface area (Å²) < 4.78 is 5.38. The highest BCUT2D eigenvalue weighted by Gasteiger charge is 2.38. The van der Waals surface area contributed by atoms with Crippen molar-refractivity contribution in [3.05, 3.63) is 35.9 Å². The van der Waals surface area contributed by atoms with Gasteiger partial charge in [-0.25, -0.2) is 9.78 Å². The van der Waals surface area contributed by atoms with E-state index in [2.05, 4.69) is 10.2 Å². The molecule has 2 heterocycles. The number of nitrogens with one attached hydrogen (secondary N) is 1. The number of nitrogens with zero attached hydrogens (tertiary/aromatic N) is 3. The highest BCUT2D eigenvalue weighted by atomic mass is 16.5. The van der Waals surface area contributed by atoms with Crippen molar-refractivity contribution < 1.29 is 19.4 Å². The number of rotatable bonds is 5. The van der Waals surface area contributed by atoms with E-state index in [1.54, 1.807) is 18.0 Å². The summed E-state index contributed by atoms with van der Waals surface area (Å²) in [7, 11) is 3.30. The second kappa shape index (κ2) is 9.06. The molecule has 1 aromatic heterocycles. The summed E-state index contributed by atoms with van der Waals surface area (Å²) in [6.07, 6.45) is 6.92. The van der Waals surface area contributed by atoms with E-state index >= 15 is 0 Å². The predicted molar refractivity (Wildman–Crippen MR) is 124 cm³/mol. The second-order valence-corrected chi connectivity index (χ2v) is 8.51. The van der Waals surface area contributed by atoms with E-state index in [1.165, 1.54) is 32.1 Å². The van der Waals surface area contributed by atoms with Crippen LogP contribution < -0.4 is 19.9 Å². The minimum atomic E-state index is -1.01. The molecule has 32 heavy (non-hydrogen) atoms. The zero-order valence-electron chi connectivity index (χ0n) is 18.8. The number of hydrogen-bond acceptors (Lipinski definition) is 6. The van der Waals surface area contributed by atoms with E-state index in [-0.39, 0.29) is 23.6 Å². The molecular weight excluding hydrogens is 408 g/mol. The molecule has 2 aromatic rings. The number of ether oxygens (including phenoxy) is 1. The Balaban J connectivity index is 1.70. The number of amides is 1. The molecule has 1 atom stereocenters. The summed E-state index contributed by atoms with van der Waals surface area (Å²) >= 11 is 0. The van der Waals surface area contributed by atoms with E-state index in [0.29, 0.717) is 17.3 Å². The average Bonchev–Trinajstić information content (AvgIpc) is 3.07. The standard InChI is InChI=1S/C24H30N4O4/c1-15-23(29)27(2)19-12-13-21(25-18-11-10-16(24(30)31)14-20(18)32-3)26-22(19)28(15)17-8-6-4-5-7-9-17/h10-15,17H,4-9H2,1-3H3,(H,25,26)(H,30,31)/t15-/m1/s1. The number of carboxylic acid groups (broad SMARTS) is 1. The highest BCUT2D eigenvalue weighted by molar-refractivity contribution is 6.04. The van der Waals surface area contributed by atoms with E-state index in [9.17, 15) is 14.7 Å². The smallest absolute Gasteiger partial charge is 0.335 e. The molecule has 2 aliphatic rings. The van der Waals surface area contributed by atoms with Gasteiger partial charge in [0.2, 0.25) is 5.91 Å². The number of carbonyl (C=O) groups is 2. The van der Waals surface area contributed by atoms with Crippen molar-refractivity contribution in [1.82, 2.24) is 4.98 Å². The summed E-state index contributed by atoms with van der Waals surface area (Å²) in [5.41, 5.74) is 1.58. The van der Waals surface area contributed by atoms with Crippen molar-refractivity contribution in [2.45, 2.75) is 57.5 Å². The number of fused-ring (bicyclic) bond motifs is 1. The molecule has 0 unspecified atom stereocenters. The Morgan fingerprint density at radius 1 is 1.16 bits per heavy atom. The van der Waals surface area contributed by atoms with Gasteiger partial charge in [0.15, 0.2) is 5.82 Å². The first kappa shape index (κ1) is 21.9. The van der Waals surface area contributed by atoms with Gasteiger partial charge in [-0.05, 0) is 50.1 Å². The number of methoxy groups -OCH3 is 1. The maximum absolute atomic E-state index is 12.9. The first-order valence-electron chi connectivity index (χ1n) is 11.2. The summed E-state index contributed by atoms with van der Waals surface area (Å²) in [5, 5.41) is 12.5. The molecule has 1 fully saturated rings. The number of pyridine rings is 1. The van der Waals surface area contributed by atoms with Gasteiger partial charge in [-0.1, -0.05) is 25.7 Å². The van der Waals surface area contributed by atoms with Gasteiger partial charge >= 0.3 is 5.97 Å². The van der Waals surface area contributed by atoms with Gasteiger partial charge in [-0.15, -0.1) is 0 Å². The van der Waals surface area contributed by atoms with Crippen LogP contribution in [0.25, 0.3) is 0 Å². The molecule has 8 nitrogen and oxygen atoms in total. The lowest BCUT2D eigenvalue weighted by molar-refractivity contribution is -0.119. The van der Waals surface area contributed by atoms with Crippen molar-refractivity contribution in [1.29, 1.82) is 0 Å². The number of aromatic carboxylic acids is 1. The third-order valence-electron chi connectivity index (χ3n) is 6.49. The summed E-state index contributed by atoms with van der Waals surface area (Å²) in [6, 6.07) is 8.43. The Morgan fingerprint density at radius 3 is 2.53 bits per heavy atom. The maximum Gasteiger partial charge on any atom is 0.335 e. The largest absolute Gasteiger partial charge is 0.495 e. The van der Waals surface area contributed by atoms with E-state index < -0.39 is 5.97 Å². The molecule has 1 saturated carbocycles. The van der Waals surface area contributed by atoms with Crippen molar-refractivity contribution in [2.75, 3.05) is 29.3 Å². The molecular formula is C24H30N4O4. The Hall–Kier alpha value is -3.29. The third kappa shape index (κ3) is 4.09. The Morgan fingerprint density at radius 2 is 1.88 bits per heavy atom. The van der Waals surface area contributed by atoms with Crippen molar-refractivity contribution in [3.8, 4) is 5.75 Å². The molecule has 0 bridgehead atoms. The number of aromatic nitrogens is 1. The number of benzene rings is 1. The van der Waals surface area contributed by atoms with Crippen molar-refractivity contribution in [2.24, 2.45) is 0 Å². The lowest BCUT2D eigenvalue weighted by atomic mass is 10.0. The van der Waals surface area contributed by atoms with Gasteiger partial charge in [-0.2, -0.15) is 0 Å². The third-order valence-corrected chi connectivity index (χ3v) is 6.49. The molecule has 4 rings (SSSR count). The van der Waals surface area contributed by atoms with Crippen LogP contribution in [0.2, 0.25) is 0 Å². The lowest BCUT2D eigenvalue weighted by Crippen LogP contribution is -2.55. The Labute approximate surface area is 188 Å². The first-order chi connectivity index (χ1) is 15.4. The Kier molecular flexibility index (Phi) is 6.21. The molecule has 1 aliphatic heterocycles. The van der Waals surface area contributed by atoms with Crippen LogP contribution in [0.5, 0.6) is 5.75 Å². The van der Waals surface area contributed by atoms with Crippen molar-refractivity contribution in [3.63, 3.8) is 0 Å². The number of carboxylic acids is 1. The molecule has 0 spiro atoms. The van der Waals surface area contributed by atoms with Crippen LogP contribution in [-0.4, -0.2) is 48.2 Å². The van der Waals surface area contributed by atoms with Gasteiger partial charge in [0.05, 0.1) is 24.0 Å². The van der Waals surface area contributed by atoms with Crippen LogP contribution >= 0.6 is 0 Å². The predicted octanol–water partition coefficient (Wildman–Crippen LogP) is 4.43. The SMILES string of the molecule is COc1cc(C(=O)O)ccc1Nc1ccc2c(n1)N(C1CCCCCC1)[C@H](C)C(=O)N2C. The van der Waals surface area contributed by atoms with Crippen LogP contribution in [-0.2, 0) is 4.79 Å². The molecule has 0 saturated heterocycles. The fraction of sp³-hybridized carbons (Fsp3) is 0.458. The molecule has 170 valence electrons. The molecule has 1 aliphatic carbocycles. The van der Waals surface area contributed by atoms with Gasteiger partial charge in [0.25, 0.3) is 0 Å². The fourth-order valence-electron chi connectivity index (χ4n) is 4.75. The van der Waals surface area contributed by atoms with Gasteiger partial charge in [0.1, 0.15) is 17.6 Å². The zero-order chi connectivity index (χ0) is 22.8. The summed E-state index contributed by atoms with van der Waals surface area (Å²) in [4.78, 5) is 33.0. The minimum Gasteiger partial charge on any atom is -0.495 e.